The zero-order valence-corrected chi connectivity index (χ0v) is 15.0. The van der Waals surface area contributed by atoms with Crippen molar-refractivity contribution in [3.8, 4) is 11.3 Å². The number of ether oxygens (including phenoxy) is 1. The minimum absolute atomic E-state index is 0.130. The molecule has 0 bridgehead atoms. The predicted molar refractivity (Wildman–Crippen MR) is 97.1 cm³/mol. The Morgan fingerprint density at radius 2 is 2.27 bits per heavy atom. The maximum atomic E-state index is 12.2. The maximum Gasteiger partial charge on any atom is 0.414 e. The fraction of sp³-hybridized carbons (Fsp3) is 0.421. The zero-order chi connectivity index (χ0) is 18.3. The third-order valence-corrected chi connectivity index (χ3v) is 4.88. The molecule has 1 saturated heterocycles. The van der Waals surface area contributed by atoms with Crippen LogP contribution in [0.15, 0.2) is 18.2 Å². The molecule has 2 aromatic rings. The van der Waals surface area contributed by atoms with Crippen molar-refractivity contribution in [2.45, 2.75) is 39.2 Å². The molecule has 1 aliphatic carbocycles. The van der Waals surface area contributed by atoms with Gasteiger partial charge in [-0.15, -0.1) is 0 Å². The van der Waals surface area contributed by atoms with Gasteiger partial charge in [0, 0.05) is 23.9 Å². The Balaban J connectivity index is 1.59. The molecular formula is C19H22N4O3. The number of nitrogens with zero attached hydrogens (tertiary/aromatic N) is 2. The number of H-pyrrole nitrogens is 1. The number of carbonyl (C=O) groups is 2. The van der Waals surface area contributed by atoms with E-state index in [-0.39, 0.29) is 18.1 Å². The summed E-state index contributed by atoms with van der Waals surface area (Å²) in [6, 6.07) is 6.06. The van der Waals surface area contributed by atoms with E-state index in [9.17, 15) is 9.59 Å². The van der Waals surface area contributed by atoms with Crippen molar-refractivity contribution in [1.82, 2.24) is 15.3 Å². The predicted octanol–water partition coefficient (Wildman–Crippen LogP) is 2.34. The van der Waals surface area contributed by atoms with Crippen LogP contribution in [-0.2, 0) is 22.4 Å². The third kappa shape index (κ3) is 3.05. The van der Waals surface area contributed by atoms with Crippen LogP contribution in [0.3, 0.4) is 0 Å². The van der Waals surface area contributed by atoms with Crippen LogP contribution in [0.1, 0.15) is 30.4 Å². The molecule has 1 aromatic carbocycles. The van der Waals surface area contributed by atoms with Gasteiger partial charge in [-0.1, -0.05) is 6.07 Å². The first-order valence-corrected chi connectivity index (χ1v) is 8.92. The highest BCUT2D eigenvalue weighted by Gasteiger charge is 2.33. The summed E-state index contributed by atoms with van der Waals surface area (Å²) in [4.78, 5) is 32.9. The van der Waals surface area contributed by atoms with Gasteiger partial charge in [-0.25, -0.2) is 9.78 Å². The molecule has 0 spiro atoms. The first-order valence-electron chi connectivity index (χ1n) is 8.92. The number of hydrogen-bond acceptors (Lipinski definition) is 4. The van der Waals surface area contributed by atoms with E-state index in [1.807, 2.05) is 19.1 Å². The number of rotatable bonds is 3. The summed E-state index contributed by atoms with van der Waals surface area (Å²) in [7, 11) is 0. The fourth-order valence-corrected chi connectivity index (χ4v) is 3.68. The smallest absolute Gasteiger partial charge is 0.414 e. The number of carbonyl (C=O) groups excluding carboxylic acids is 2. The van der Waals surface area contributed by atoms with Gasteiger partial charge in [-0.2, -0.15) is 0 Å². The molecule has 1 aromatic heterocycles. The molecule has 2 amide bonds. The van der Waals surface area contributed by atoms with E-state index < -0.39 is 0 Å². The minimum Gasteiger partial charge on any atom is -0.442 e. The van der Waals surface area contributed by atoms with E-state index in [1.54, 1.807) is 4.90 Å². The Hall–Kier alpha value is -2.83. The van der Waals surface area contributed by atoms with Gasteiger partial charge in [0.25, 0.3) is 0 Å². The van der Waals surface area contributed by atoms with Gasteiger partial charge in [0.05, 0.1) is 18.8 Å². The molecule has 1 fully saturated rings. The Morgan fingerprint density at radius 1 is 1.42 bits per heavy atom. The normalized spacial score (nSPS) is 18.8. The van der Waals surface area contributed by atoms with Crippen LogP contribution in [0.25, 0.3) is 11.3 Å². The highest BCUT2D eigenvalue weighted by atomic mass is 16.6. The second-order valence-corrected chi connectivity index (χ2v) is 6.90. The first kappa shape index (κ1) is 16.6. The van der Waals surface area contributed by atoms with Crippen LogP contribution >= 0.6 is 0 Å². The number of nitrogens with one attached hydrogen (secondary N) is 2. The summed E-state index contributed by atoms with van der Waals surface area (Å²) >= 11 is 0. The molecule has 136 valence electrons. The second kappa shape index (κ2) is 6.48. The monoisotopic (exact) mass is 354 g/mol. The van der Waals surface area contributed by atoms with E-state index in [1.165, 1.54) is 18.2 Å². The molecule has 2 heterocycles. The van der Waals surface area contributed by atoms with Gasteiger partial charge in [0.1, 0.15) is 11.9 Å². The number of aromatic nitrogens is 2. The highest BCUT2D eigenvalue weighted by molar-refractivity contribution is 5.90. The lowest BCUT2D eigenvalue weighted by atomic mass is 10.0. The van der Waals surface area contributed by atoms with Crippen LogP contribution in [0.2, 0.25) is 0 Å². The van der Waals surface area contributed by atoms with E-state index in [4.69, 9.17) is 4.74 Å². The number of anilines is 1. The highest BCUT2D eigenvalue weighted by Crippen LogP contribution is 2.34. The first-order chi connectivity index (χ1) is 12.5. The average molecular weight is 354 g/mol. The number of hydrogen-bond donors (Lipinski definition) is 2. The lowest BCUT2D eigenvalue weighted by molar-refractivity contribution is -0.119. The number of fused-ring (bicyclic) bond motifs is 3. The number of imidazole rings is 1. The molecule has 0 saturated carbocycles. The standard InChI is InChI=1S/C19H22N4O3/c1-11-21-17-5-3-4-13-8-14(6-7-16(13)18(17)22-11)23-10-15(26-19(23)25)9-20-12(2)24/h6-8,15H,3-5,9-10H2,1-2H3,(H,20,24)(H,21,22). The molecule has 1 unspecified atom stereocenters. The van der Waals surface area contributed by atoms with Gasteiger partial charge in [0.15, 0.2) is 0 Å². The second-order valence-electron chi connectivity index (χ2n) is 6.90. The van der Waals surface area contributed by atoms with E-state index in [0.717, 1.165) is 42.0 Å². The molecule has 1 aliphatic heterocycles. The quantitative estimate of drug-likeness (QED) is 0.886. The van der Waals surface area contributed by atoms with Gasteiger partial charge < -0.3 is 15.0 Å². The summed E-state index contributed by atoms with van der Waals surface area (Å²) in [6.45, 7) is 4.19. The molecule has 26 heavy (non-hydrogen) atoms. The number of aryl methyl sites for hydroxylation is 3. The van der Waals surface area contributed by atoms with Gasteiger partial charge >= 0.3 is 6.09 Å². The van der Waals surface area contributed by atoms with Crippen molar-refractivity contribution in [3.05, 3.63) is 35.3 Å². The molecular weight excluding hydrogens is 332 g/mol. The van der Waals surface area contributed by atoms with E-state index in [2.05, 4.69) is 21.4 Å². The van der Waals surface area contributed by atoms with Gasteiger partial charge in [-0.3, -0.25) is 9.69 Å². The van der Waals surface area contributed by atoms with Crippen LogP contribution in [0.5, 0.6) is 0 Å². The van der Waals surface area contributed by atoms with E-state index >= 15 is 0 Å². The summed E-state index contributed by atoms with van der Waals surface area (Å²) in [5.74, 6) is 0.797. The van der Waals surface area contributed by atoms with Gasteiger partial charge in [-0.05, 0) is 43.9 Å². The molecule has 0 radical (unpaired) electrons. The Kier molecular flexibility index (Phi) is 4.14. The topological polar surface area (TPSA) is 87.3 Å². The SMILES string of the molecule is CC(=O)NCC1CN(c2ccc3c(c2)CCCc2[nH]c(C)nc2-3)C(=O)O1. The lowest BCUT2D eigenvalue weighted by Crippen LogP contribution is -2.33. The van der Waals surface area contributed by atoms with Crippen molar-refractivity contribution >= 4 is 17.7 Å². The van der Waals surface area contributed by atoms with Crippen molar-refractivity contribution in [3.63, 3.8) is 0 Å². The summed E-state index contributed by atoms with van der Waals surface area (Å²) < 4.78 is 5.36. The summed E-state index contributed by atoms with van der Waals surface area (Å²) in [5.41, 5.74) is 5.37. The Labute approximate surface area is 151 Å². The van der Waals surface area contributed by atoms with Gasteiger partial charge in [0.2, 0.25) is 5.91 Å². The number of cyclic esters (lactones) is 1. The van der Waals surface area contributed by atoms with Crippen LogP contribution < -0.4 is 10.2 Å². The molecule has 7 nitrogen and oxygen atoms in total. The fourth-order valence-electron chi connectivity index (χ4n) is 3.68. The third-order valence-electron chi connectivity index (χ3n) is 4.88. The van der Waals surface area contributed by atoms with Crippen LogP contribution in [0, 0.1) is 6.92 Å². The Morgan fingerprint density at radius 3 is 3.08 bits per heavy atom. The lowest BCUT2D eigenvalue weighted by Gasteiger charge is -2.16. The number of benzene rings is 1. The number of aromatic amines is 1. The summed E-state index contributed by atoms with van der Waals surface area (Å²) in [5, 5.41) is 2.70. The Bertz CT molecular complexity index is 874. The van der Waals surface area contributed by atoms with Crippen molar-refractivity contribution in [2.75, 3.05) is 18.0 Å². The van der Waals surface area contributed by atoms with E-state index in [0.29, 0.717) is 13.1 Å². The van der Waals surface area contributed by atoms with Crippen molar-refractivity contribution < 1.29 is 14.3 Å². The minimum atomic E-state index is -0.370. The average Bonchev–Trinajstić information content (AvgIpc) is 3.11. The summed E-state index contributed by atoms with van der Waals surface area (Å²) in [6.07, 6.45) is 2.27. The van der Waals surface area contributed by atoms with Crippen LogP contribution in [-0.4, -0.2) is 41.2 Å². The zero-order valence-electron chi connectivity index (χ0n) is 15.0. The van der Waals surface area contributed by atoms with Crippen molar-refractivity contribution in [2.24, 2.45) is 0 Å². The molecule has 7 heteroatoms. The molecule has 2 N–H and O–H groups in total. The van der Waals surface area contributed by atoms with Crippen LogP contribution in [0.4, 0.5) is 10.5 Å². The molecule has 1 atom stereocenters. The maximum absolute atomic E-state index is 12.2. The molecule has 4 rings (SSSR count). The number of amides is 2. The molecule has 2 aliphatic rings. The largest absolute Gasteiger partial charge is 0.442 e. The van der Waals surface area contributed by atoms with Crippen molar-refractivity contribution in [1.29, 1.82) is 0 Å².